The van der Waals surface area contributed by atoms with Crippen molar-refractivity contribution in [1.29, 1.82) is 0 Å². The van der Waals surface area contributed by atoms with Crippen molar-refractivity contribution in [2.24, 2.45) is 0 Å². The normalized spacial score (nSPS) is 8.91. The Bertz CT molecular complexity index is 86.9. The Hall–Kier alpha value is 1.15. The van der Waals surface area contributed by atoms with Gasteiger partial charge in [0.1, 0.15) is 5.78 Å². The van der Waals surface area contributed by atoms with Crippen molar-refractivity contribution >= 4 is 57.2 Å². The number of hydrogen-bond donors (Lipinski definition) is 2. The summed E-state index contributed by atoms with van der Waals surface area (Å²) < 4.78 is 0. The number of carbonyl (C=O) groups is 1. The molecule has 0 atom stereocenters. The average molecular weight is 190 g/mol. The zero-order valence-corrected chi connectivity index (χ0v) is 5.45. The molecule has 0 rings (SSSR count). The van der Waals surface area contributed by atoms with Gasteiger partial charge in [0.05, 0.1) is 13.2 Å². The number of carbonyl (C=O) groups excluding carboxylic acids is 1. The molecule has 0 amide bonds. The number of rotatable bonds is 6. The van der Waals surface area contributed by atoms with Crippen LogP contribution in [0.4, 0.5) is 0 Å². The third-order valence-electron chi connectivity index (χ3n) is 0.944. The van der Waals surface area contributed by atoms with Gasteiger partial charge in [-0.25, -0.2) is 9.78 Å². The van der Waals surface area contributed by atoms with Gasteiger partial charge in [0.25, 0.3) is 0 Å². The molecule has 0 aromatic rings. The van der Waals surface area contributed by atoms with E-state index in [0.717, 1.165) is 0 Å². The van der Waals surface area contributed by atoms with Gasteiger partial charge in [0.2, 0.25) is 0 Å². The summed E-state index contributed by atoms with van der Waals surface area (Å²) >= 11 is 0. The predicted molar refractivity (Wildman–Crippen MR) is 38.6 cm³/mol. The van der Waals surface area contributed by atoms with E-state index in [2.05, 4.69) is 9.78 Å². The Morgan fingerprint density at radius 2 is 1.45 bits per heavy atom. The molecule has 0 aromatic heterocycles. The van der Waals surface area contributed by atoms with Crippen LogP contribution in [0.1, 0.15) is 12.8 Å². The van der Waals surface area contributed by atoms with Crippen LogP contribution in [0.15, 0.2) is 0 Å². The SMILES string of the molecule is O=C(CCOO)CCOO.[KH]. The maximum atomic E-state index is 10.6. The molecule has 0 aliphatic carbocycles. The second kappa shape index (κ2) is 11.1. The summed E-state index contributed by atoms with van der Waals surface area (Å²) in [6.07, 6.45) is 0.277. The van der Waals surface area contributed by atoms with Gasteiger partial charge in [0, 0.05) is 12.8 Å². The van der Waals surface area contributed by atoms with Gasteiger partial charge < -0.3 is 0 Å². The topological polar surface area (TPSA) is 76.0 Å². The van der Waals surface area contributed by atoms with Gasteiger partial charge in [-0.15, -0.1) is 0 Å². The summed E-state index contributed by atoms with van der Waals surface area (Å²) in [7, 11) is 0. The Balaban J connectivity index is 0. The minimum atomic E-state index is -0.122. The summed E-state index contributed by atoms with van der Waals surface area (Å²) in [4.78, 5) is 17.9. The molecule has 2 N–H and O–H groups in total. The molecular formula is C5H11KO5. The summed E-state index contributed by atoms with van der Waals surface area (Å²) in [5, 5.41) is 15.6. The van der Waals surface area contributed by atoms with Crippen LogP contribution in [0.25, 0.3) is 0 Å². The fraction of sp³-hybridized carbons (Fsp3) is 0.800. The van der Waals surface area contributed by atoms with Crippen molar-refractivity contribution in [3.05, 3.63) is 0 Å². The van der Waals surface area contributed by atoms with E-state index < -0.39 is 0 Å². The van der Waals surface area contributed by atoms with E-state index in [-0.39, 0.29) is 83.2 Å². The molecule has 0 radical (unpaired) electrons. The number of ketones is 1. The van der Waals surface area contributed by atoms with Crippen LogP contribution in [0, 0.1) is 0 Å². The van der Waals surface area contributed by atoms with Gasteiger partial charge in [0.15, 0.2) is 0 Å². The zero-order chi connectivity index (χ0) is 7.82. The van der Waals surface area contributed by atoms with E-state index in [1.54, 1.807) is 0 Å². The van der Waals surface area contributed by atoms with Crippen molar-refractivity contribution in [3.63, 3.8) is 0 Å². The molecule has 0 saturated carbocycles. The summed E-state index contributed by atoms with van der Waals surface area (Å²) in [6.45, 7) is -0.0193. The molecule has 5 nitrogen and oxygen atoms in total. The summed E-state index contributed by atoms with van der Waals surface area (Å²) in [5.41, 5.74) is 0. The van der Waals surface area contributed by atoms with Crippen molar-refractivity contribution < 1.29 is 25.1 Å². The van der Waals surface area contributed by atoms with Crippen LogP contribution in [0.5, 0.6) is 0 Å². The molecule has 11 heavy (non-hydrogen) atoms. The maximum absolute atomic E-state index is 10.6. The molecule has 0 aliphatic heterocycles. The third-order valence-corrected chi connectivity index (χ3v) is 0.944. The first-order chi connectivity index (χ1) is 4.81. The van der Waals surface area contributed by atoms with E-state index in [1.165, 1.54) is 0 Å². The first-order valence-corrected chi connectivity index (χ1v) is 2.85. The van der Waals surface area contributed by atoms with Crippen molar-refractivity contribution in [3.8, 4) is 0 Å². The van der Waals surface area contributed by atoms with Crippen LogP contribution in [0.2, 0.25) is 0 Å². The molecule has 0 saturated heterocycles. The molecule has 62 valence electrons. The fourth-order valence-electron chi connectivity index (χ4n) is 0.444. The van der Waals surface area contributed by atoms with E-state index in [9.17, 15) is 4.79 Å². The quantitative estimate of drug-likeness (QED) is 0.340. The zero-order valence-electron chi connectivity index (χ0n) is 5.45. The molecule has 0 heterocycles. The standard InChI is InChI=1S/C5H10O5.K.H/c6-5(1-3-9-7)2-4-10-8;;/h7-8H,1-4H2;;. The van der Waals surface area contributed by atoms with Crippen molar-refractivity contribution in [2.75, 3.05) is 13.2 Å². The van der Waals surface area contributed by atoms with Gasteiger partial charge in [-0.1, -0.05) is 0 Å². The molecule has 0 bridgehead atoms. The van der Waals surface area contributed by atoms with Gasteiger partial charge in [-0.3, -0.25) is 15.3 Å². The van der Waals surface area contributed by atoms with Crippen LogP contribution >= 0.6 is 0 Å². The second-order valence-electron chi connectivity index (χ2n) is 1.71. The molecule has 0 aliphatic rings. The van der Waals surface area contributed by atoms with Crippen molar-refractivity contribution in [2.45, 2.75) is 12.8 Å². The Kier molecular flexibility index (Phi) is 14.9. The second-order valence-corrected chi connectivity index (χ2v) is 1.71. The van der Waals surface area contributed by atoms with Crippen LogP contribution in [-0.2, 0) is 14.6 Å². The van der Waals surface area contributed by atoms with E-state index >= 15 is 0 Å². The molecule has 0 unspecified atom stereocenters. The predicted octanol–water partition coefficient (Wildman–Crippen LogP) is -0.334. The average Bonchev–Trinajstić information content (AvgIpc) is 1.97. The van der Waals surface area contributed by atoms with E-state index in [0.29, 0.717) is 0 Å². The first-order valence-electron chi connectivity index (χ1n) is 2.85. The fourth-order valence-corrected chi connectivity index (χ4v) is 0.444. The molecule has 0 spiro atoms. The summed E-state index contributed by atoms with van der Waals surface area (Å²) in [6, 6.07) is 0. The Morgan fingerprint density at radius 3 is 1.73 bits per heavy atom. The van der Waals surface area contributed by atoms with E-state index in [1.807, 2.05) is 0 Å². The van der Waals surface area contributed by atoms with Gasteiger partial charge in [-0.05, 0) is 0 Å². The monoisotopic (exact) mass is 190 g/mol. The van der Waals surface area contributed by atoms with Crippen LogP contribution < -0.4 is 0 Å². The molecular weight excluding hydrogens is 179 g/mol. The Labute approximate surface area is 107 Å². The third kappa shape index (κ3) is 11.1. The molecule has 0 aromatic carbocycles. The number of Topliss-reactive ketones (excluding diaryl/α,β-unsaturated/α-hetero) is 1. The van der Waals surface area contributed by atoms with Crippen LogP contribution in [-0.4, -0.2) is 80.9 Å². The number of hydrogen-bond acceptors (Lipinski definition) is 5. The molecule has 6 heteroatoms. The minimum absolute atomic E-state index is 0. The first kappa shape index (κ1) is 14.7. The van der Waals surface area contributed by atoms with Gasteiger partial charge >= 0.3 is 51.4 Å². The van der Waals surface area contributed by atoms with Crippen molar-refractivity contribution in [1.82, 2.24) is 0 Å². The Morgan fingerprint density at radius 1 is 1.09 bits per heavy atom. The molecule has 0 fully saturated rings. The summed E-state index contributed by atoms with van der Waals surface area (Å²) in [5.74, 6) is -0.122. The van der Waals surface area contributed by atoms with E-state index in [4.69, 9.17) is 10.5 Å². The van der Waals surface area contributed by atoms with Crippen LogP contribution in [0.3, 0.4) is 0 Å². The van der Waals surface area contributed by atoms with Gasteiger partial charge in [-0.2, -0.15) is 0 Å².